The highest BCUT2D eigenvalue weighted by molar-refractivity contribution is 5.93. The molecule has 11 nitrogen and oxygen atoms in total. The predicted molar refractivity (Wildman–Crippen MR) is 83.8 cm³/mol. The maximum atomic E-state index is 12.2. The minimum Gasteiger partial charge on any atom is -0.469 e. The van der Waals surface area contributed by atoms with Gasteiger partial charge in [0.25, 0.3) is 5.69 Å². The summed E-state index contributed by atoms with van der Waals surface area (Å²) in [6.07, 6.45) is -1.45. The summed E-state index contributed by atoms with van der Waals surface area (Å²) >= 11 is 0. The highest BCUT2D eigenvalue weighted by atomic mass is 16.7. The largest absolute Gasteiger partial charge is 0.469 e. The number of nitrogens with zero attached hydrogens (tertiary/aromatic N) is 2. The highest BCUT2D eigenvalue weighted by Crippen LogP contribution is 2.35. The molecular formula is C15H16N2O9. The summed E-state index contributed by atoms with van der Waals surface area (Å²) in [5.41, 5.74) is 0.0166. The molecule has 0 N–H and O–H groups in total. The molecule has 3 atom stereocenters. The zero-order valence-corrected chi connectivity index (χ0v) is 14.1. The highest BCUT2D eigenvalue weighted by Gasteiger charge is 2.56. The number of benzene rings is 1. The van der Waals surface area contributed by atoms with E-state index in [1.807, 2.05) is 0 Å². The molecule has 1 saturated heterocycles. The Kier molecular flexibility index (Phi) is 5.72. The van der Waals surface area contributed by atoms with Gasteiger partial charge in [0, 0.05) is 12.1 Å². The monoisotopic (exact) mass is 368 g/mol. The van der Waals surface area contributed by atoms with Crippen LogP contribution in [0.4, 0.5) is 11.4 Å². The first-order chi connectivity index (χ1) is 12.3. The van der Waals surface area contributed by atoms with Crippen LogP contribution in [0.2, 0.25) is 0 Å². The van der Waals surface area contributed by atoms with Crippen LogP contribution in [0.5, 0.6) is 0 Å². The van der Waals surface area contributed by atoms with E-state index in [4.69, 9.17) is 9.57 Å². The smallest absolute Gasteiger partial charge is 0.338 e. The molecule has 1 aliphatic rings. The van der Waals surface area contributed by atoms with Crippen LogP contribution < -0.4 is 5.06 Å². The molecule has 26 heavy (non-hydrogen) atoms. The lowest BCUT2D eigenvalue weighted by molar-refractivity contribution is -0.384. The standard InChI is InChI=1S/C15H16N2O9/c1-23-13(18)10-11(14(19)24-2)16(26-12(10)15(20)25-3)8-4-6-9(7-5-8)17(21)22/h4-7,10-12H,1-3H3. The number of hydroxylamine groups is 1. The molecule has 0 radical (unpaired) electrons. The summed E-state index contributed by atoms with van der Waals surface area (Å²) < 4.78 is 14.0. The number of carbonyl (C=O) groups is 3. The lowest BCUT2D eigenvalue weighted by Gasteiger charge is -2.23. The Hall–Kier alpha value is -3.21. The van der Waals surface area contributed by atoms with Crippen molar-refractivity contribution in [2.75, 3.05) is 26.4 Å². The third-order valence-electron chi connectivity index (χ3n) is 3.81. The summed E-state index contributed by atoms with van der Waals surface area (Å²) in [6, 6.07) is 3.64. The lowest BCUT2D eigenvalue weighted by atomic mass is 9.94. The molecule has 1 aliphatic heterocycles. The fraction of sp³-hybridized carbons (Fsp3) is 0.400. The van der Waals surface area contributed by atoms with Gasteiger partial charge >= 0.3 is 17.9 Å². The number of carbonyl (C=O) groups excluding carboxylic acids is 3. The van der Waals surface area contributed by atoms with Crippen molar-refractivity contribution in [1.29, 1.82) is 0 Å². The Morgan fingerprint density at radius 2 is 1.54 bits per heavy atom. The third kappa shape index (κ3) is 3.42. The quantitative estimate of drug-likeness (QED) is 0.307. The molecule has 0 aromatic heterocycles. The molecule has 1 heterocycles. The Morgan fingerprint density at radius 1 is 1.00 bits per heavy atom. The summed E-state index contributed by atoms with van der Waals surface area (Å²) in [7, 11) is 3.30. The van der Waals surface area contributed by atoms with Crippen molar-refractivity contribution in [2.45, 2.75) is 12.1 Å². The van der Waals surface area contributed by atoms with E-state index in [0.29, 0.717) is 0 Å². The first-order valence-corrected chi connectivity index (χ1v) is 7.29. The van der Waals surface area contributed by atoms with Gasteiger partial charge in [-0.3, -0.25) is 19.7 Å². The maximum absolute atomic E-state index is 12.2. The number of hydrogen-bond acceptors (Lipinski definition) is 10. The number of ether oxygens (including phenoxy) is 3. The van der Waals surface area contributed by atoms with Gasteiger partial charge < -0.3 is 14.2 Å². The SMILES string of the molecule is COC(=O)C1ON(c2ccc([N+](=O)[O-])cc2)C(C(=O)OC)C1C(=O)OC. The molecular weight excluding hydrogens is 352 g/mol. The zero-order valence-electron chi connectivity index (χ0n) is 14.1. The van der Waals surface area contributed by atoms with E-state index in [2.05, 4.69) is 9.47 Å². The topological polar surface area (TPSA) is 135 Å². The number of methoxy groups -OCH3 is 3. The number of nitro groups is 1. The van der Waals surface area contributed by atoms with Gasteiger partial charge in [0.05, 0.1) is 31.9 Å². The van der Waals surface area contributed by atoms with E-state index in [0.717, 1.165) is 26.4 Å². The van der Waals surface area contributed by atoms with E-state index in [1.165, 1.54) is 24.3 Å². The van der Waals surface area contributed by atoms with Crippen molar-refractivity contribution in [3.05, 3.63) is 34.4 Å². The number of nitro benzene ring substituents is 1. The van der Waals surface area contributed by atoms with Gasteiger partial charge in [-0.05, 0) is 12.1 Å². The number of rotatable bonds is 5. The van der Waals surface area contributed by atoms with Crippen LogP contribution in [0.25, 0.3) is 0 Å². The molecule has 11 heteroatoms. The second-order valence-corrected chi connectivity index (χ2v) is 5.17. The zero-order chi connectivity index (χ0) is 19.4. The molecule has 2 rings (SSSR count). The predicted octanol–water partition coefficient (Wildman–Crippen LogP) is 0.219. The molecule has 0 amide bonds. The van der Waals surface area contributed by atoms with Crippen LogP contribution in [-0.4, -0.2) is 56.3 Å². The van der Waals surface area contributed by atoms with E-state index in [1.54, 1.807) is 0 Å². The Bertz CT molecular complexity index is 718. The average Bonchev–Trinajstić information content (AvgIpc) is 3.06. The third-order valence-corrected chi connectivity index (χ3v) is 3.81. The summed E-state index contributed by atoms with van der Waals surface area (Å²) in [4.78, 5) is 52.0. The van der Waals surface area contributed by atoms with E-state index < -0.39 is 40.9 Å². The molecule has 0 aliphatic carbocycles. The van der Waals surface area contributed by atoms with Crippen molar-refractivity contribution in [3.8, 4) is 0 Å². The van der Waals surface area contributed by atoms with Gasteiger partial charge in [0.15, 0.2) is 12.1 Å². The van der Waals surface area contributed by atoms with Crippen LogP contribution in [0.15, 0.2) is 24.3 Å². The van der Waals surface area contributed by atoms with Crippen LogP contribution >= 0.6 is 0 Å². The van der Waals surface area contributed by atoms with Crippen molar-refractivity contribution in [2.24, 2.45) is 5.92 Å². The normalized spacial score (nSPS) is 21.8. The van der Waals surface area contributed by atoms with E-state index >= 15 is 0 Å². The lowest BCUT2D eigenvalue weighted by Crippen LogP contribution is -2.45. The second-order valence-electron chi connectivity index (χ2n) is 5.17. The Balaban J connectivity index is 2.48. The van der Waals surface area contributed by atoms with Gasteiger partial charge in [-0.25, -0.2) is 14.7 Å². The number of non-ortho nitro benzene ring substituents is 1. The fourth-order valence-corrected chi connectivity index (χ4v) is 2.57. The Morgan fingerprint density at radius 3 is 2.00 bits per heavy atom. The number of anilines is 1. The second kappa shape index (κ2) is 7.78. The molecule has 3 unspecified atom stereocenters. The van der Waals surface area contributed by atoms with Gasteiger partial charge in [0.1, 0.15) is 5.92 Å². The summed E-state index contributed by atoms with van der Waals surface area (Å²) in [5, 5.41) is 11.8. The van der Waals surface area contributed by atoms with Gasteiger partial charge in [-0.1, -0.05) is 0 Å². The van der Waals surface area contributed by atoms with Crippen molar-refractivity contribution < 1.29 is 38.4 Å². The minimum absolute atomic E-state index is 0.184. The Labute approximate surface area is 147 Å². The molecule has 0 spiro atoms. The molecule has 1 aromatic rings. The van der Waals surface area contributed by atoms with Gasteiger partial charge in [-0.2, -0.15) is 0 Å². The fourth-order valence-electron chi connectivity index (χ4n) is 2.57. The van der Waals surface area contributed by atoms with E-state index in [-0.39, 0.29) is 11.4 Å². The van der Waals surface area contributed by atoms with Gasteiger partial charge in [0.2, 0.25) is 0 Å². The molecule has 0 bridgehead atoms. The van der Waals surface area contributed by atoms with Crippen molar-refractivity contribution >= 4 is 29.3 Å². The molecule has 140 valence electrons. The van der Waals surface area contributed by atoms with Crippen LogP contribution in [0, 0.1) is 16.0 Å². The van der Waals surface area contributed by atoms with Crippen LogP contribution in [0.3, 0.4) is 0 Å². The number of hydrogen-bond donors (Lipinski definition) is 0. The number of esters is 3. The van der Waals surface area contributed by atoms with Gasteiger partial charge in [-0.15, -0.1) is 0 Å². The average molecular weight is 368 g/mol. The maximum Gasteiger partial charge on any atom is 0.338 e. The van der Waals surface area contributed by atoms with E-state index in [9.17, 15) is 24.5 Å². The molecule has 1 aromatic carbocycles. The van der Waals surface area contributed by atoms with Crippen LogP contribution in [0.1, 0.15) is 0 Å². The first kappa shape index (κ1) is 19.1. The minimum atomic E-state index is -1.45. The molecule has 1 fully saturated rings. The van der Waals surface area contributed by atoms with Crippen molar-refractivity contribution in [3.63, 3.8) is 0 Å². The summed E-state index contributed by atoms with van der Waals surface area (Å²) in [6.45, 7) is 0. The van der Waals surface area contributed by atoms with Crippen molar-refractivity contribution in [1.82, 2.24) is 0 Å². The first-order valence-electron chi connectivity index (χ1n) is 7.29. The molecule has 0 saturated carbocycles. The van der Waals surface area contributed by atoms with Crippen LogP contribution in [-0.2, 0) is 33.4 Å². The summed E-state index contributed by atoms with van der Waals surface area (Å²) in [5.74, 6) is -3.97.